The monoisotopic (exact) mass is 584 g/mol. The summed E-state index contributed by atoms with van der Waals surface area (Å²) >= 11 is 0. The molecule has 0 unspecified atom stereocenters. The van der Waals surface area contributed by atoms with Crippen LogP contribution in [0.2, 0.25) is 0 Å². The number of hydrogen-bond donors (Lipinski definition) is 1. The highest BCUT2D eigenvalue weighted by atomic mass is 16.6. The number of hydrogen-bond acceptors (Lipinski definition) is 9. The molecule has 0 radical (unpaired) electrons. The Kier molecular flexibility index (Phi) is 15.3. The summed E-state index contributed by atoms with van der Waals surface area (Å²) in [5.74, 6) is 1.49. The lowest BCUT2D eigenvalue weighted by atomic mass is 9.80. The summed E-state index contributed by atoms with van der Waals surface area (Å²) in [6, 6.07) is 25.6. The molecule has 42 heavy (non-hydrogen) atoms. The molecule has 3 aromatic rings. The maximum absolute atomic E-state index is 10.1. The first-order valence-electron chi connectivity index (χ1n) is 14.1. The van der Waals surface area contributed by atoms with Gasteiger partial charge in [-0.15, -0.1) is 0 Å². The van der Waals surface area contributed by atoms with Crippen molar-refractivity contribution >= 4 is 0 Å². The van der Waals surface area contributed by atoms with E-state index in [0.29, 0.717) is 52.9 Å². The van der Waals surface area contributed by atoms with Gasteiger partial charge < -0.3 is 43.0 Å². The van der Waals surface area contributed by atoms with Crippen LogP contribution < -0.4 is 9.47 Å². The van der Waals surface area contributed by atoms with Crippen LogP contribution in [0.15, 0.2) is 78.9 Å². The molecule has 0 aliphatic rings. The largest absolute Gasteiger partial charge is 0.497 e. The minimum absolute atomic E-state index is 0.135. The van der Waals surface area contributed by atoms with Gasteiger partial charge in [0.1, 0.15) is 23.2 Å². The van der Waals surface area contributed by atoms with Crippen LogP contribution in [0.4, 0.5) is 0 Å². The summed E-state index contributed by atoms with van der Waals surface area (Å²) in [6.45, 7) is 3.63. The van der Waals surface area contributed by atoms with Crippen LogP contribution in [-0.2, 0) is 34.0 Å². The van der Waals surface area contributed by atoms with Gasteiger partial charge >= 0.3 is 0 Å². The molecule has 9 nitrogen and oxygen atoms in total. The fourth-order valence-corrected chi connectivity index (χ4v) is 4.40. The van der Waals surface area contributed by atoms with E-state index >= 15 is 0 Å². The SMILES string of the molecule is COCCOCCOCCOCCO[C@@H](CO)COC(c1ccccc1)(c1ccc(OC)cc1)c1ccc(OC)cc1. The molecule has 0 bridgehead atoms. The lowest BCUT2D eigenvalue weighted by Gasteiger charge is -2.37. The second-order valence-corrected chi connectivity index (χ2v) is 9.32. The van der Waals surface area contributed by atoms with Crippen LogP contribution in [0.3, 0.4) is 0 Å². The molecule has 0 spiro atoms. The van der Waals surface area contributed by atoms with E-state index in [1.54, 1.807) is 21.3 Å². The van der Waals surface area contributed by atoms with Gasteiger partial charge in [-0.05, 0) is 41.0 Å². The minimum Gasteiger partial charge on any atom is -0.497 e. The quantitative estimate of drug-likeness (QED) is 0.138. The molecule has 0 saturated heterocycles. The fourth-order valence-electron chi connectivity index (χ4n) is 4.40. The summed E-state index contributed by atoms with van der Waals surface area (Å²) in [5.41, 5.74) is 1.76. The topological polar surface area (TPSA) is 94.1 Å². The Labute approximate surface area is 249 Å². The number of benzene rings is 3. The van der Waals surface area contributed by atoms with Gasteiger partial charge in [-0.25, -0.2) is 0 Å². The fraction of sp³-hybridized carbons (Fsp3) is 0.455. The molecule has 0 aromatic heterocycles. The summed E-state index contributed by atoms with van der Waals surface area (Å²) < 4.78 is 44.9. The second-order valence-electron chi connectivity index (χ2n) is 9.32. The summed E-state index contributed by atoms with van der Waals surface area (Å²) in [4.78, 5) is 0. The van der Waals surface area contributed by atoms with E-state index in [0.717, 1.165) is 28.2 Å². The van der Waals surface area contributed by atoms with Crippen molar-refractivity contribution in [3.63, 3.8) is 0 Å². The Balaban J connectivity index is 1.65. The normalized spacial score (nSPS) is 12.3. The van der Waals surface area contributed by atoms with Crippen molar-refractivity contribution in [2.24, 2.45) is 0 Å². The van der Waals surface area contributed by atoms with Crippen molar-refractivity contribution in [1.29, 1.82) is 0 Å². The highest BCUT2D eigenvalue weighted by molar-refractivity contribution is 5.49. The van der Waals surface area contributed by atoms with Crippen LogP contribution in [0.1, 0.15) is 16.7 Å². The van der Waals surface area contributed by atoms with Gasteiger partial charge in [0.15, 0.2) is 0 Å². The van der Waals surface area contributed by atoms with Gasteiger partial charge in [0.05, 0.1) is 80.3 Å². The third-order valence-electron chi connectivity index (χ3n) is 6.62. The highest BCUT2D eigenvalue weighted by Crippen LogP contribution is 2.41. The van der Waals surface area contributed by atoms with Gasteiger partial charge in [-0.2, -0.15) is 0 Å². The zero-order valence-electron chi connectivity index (χ0n) is 24.9. The van der Waals surface area contributed by atoms with Gasteiger partial charge in [0.25, 0.3) is 0 Å². The van der Waals surface area contributed by atoms with Crippen LogP contribution in [0, 0.1) is 0 Å². The minimum atomic E-state index is -0.988. The molecule has 0 saturated carbocycles. The number of ether oxygens (including phenoxy) is 8. The van der Waals surface area contributed by atoms with E-state index in [9.17, 15) is 5.11 Å². The molecule has 1 N–H and O–H groups in total. The molecule has 0 amide bonds. The molecule has 0 fully saturated rings. The van der Waals surface area contributed by atoms with E-state index in [2.05, 4.69) is 0 Å². The van der Waals surface area contributed by atoms with E-state index in [-0.39, 0.29) is 13.2 Å². The zero-order chi connectivity index (χ0) is 29.9. The first-order valence-corrected chi connectivity index (χ1v) is 14.1. The molecule has 0 heterocycles. The molecule has 3 rings (SSSR count). The van der Waals surface area contributed by atoms with Crippen LogP contribution in [0.5, 0.6) is 11.5 Å². The number of aliphatic hydroxyl groups excluding tert-OH is 1. The van der Waals surface area contributed by atoms with Crippen molar-refractivity contribution in [2.75, 3.05) is 87.4 Å². The van der Waals surface area contributed by atoms with E-state index in [1.165, 1.54) is 0 Å². The highest BCUT2D eigenvalue weighted by Gasteiger charge is 2.38. The number of methoxy groups -OCH3 is 3. The van der Waals surface area contributed by atoms with E-state index in [1.807, 2.05) is 78.9 Å². The summed E-state index contributed by atoms with van der Waals surface area (Å²) in [6.07, 6.45) is -0.561. The standard InChI is InChI=1S/C33H44O9/c1-35-17-18-38-19-20-39-21-22-40-23-24-41-32(25-34)26-42-33(27-7-5-4-6-8-27,28-9-13-30(36-2)14-10-28)29-11-15-31(37-3)16-12-29/h4-16,32,34H,17-26H2,1-3H3/t32-/m0/s1. The lowest BCUT2D eigenvalue weighted by Crippen LogP contribution is -2.37. The Morgan fingerprint density at radius 3 is 1.48 bits per heavy atom. The molecule has 1 atom stereocenters. The van der Waals surface area contributed by atoms with Crippen LogP contribution in [-0.4, -0.2) is 98.6 Å². The summed E-state index contributed by atoms with van der Waals surface area (Å²) in [5, 5.41) is 10.1. The molecule has 9 heteroatoms. The number of aliphatic hydroxyl groups is 1. The van der Waals surface area contributed by atoms with Crippen molar-refractivity contribution < 1.29 is 43.0 Å². The number of rotatable bonds is 22. The first kappa shape index (κ1) is 33.5. The van der Waals surface area contributed by atoms with Crippen LogP contribution in [0.25, 0.3) is 0 Å². The maximum Gasteiger partial charge on any atom is 0.143 e. The molecule has 3 aromatic carbocycles. The van der Waals surface area contributed by atoms with Gasteiger partial charge in [-0.3, -0.25) is 0 Å². The smallest absolute Gasteiger partial charge is 0.143 e. The zero-order valence-corrected chi connectivity index (χ0v) is 24.9. The Bertz CT molecular complexity index is 1040. The van der Waals surface area contributed by atoms with Gasteiger partial charge in [-0.1, -0.05) is 54.6 Å². The van der Waals surface area contributed by atoms with E-state index < -0.39 is 11.7 Å². The lowest BCUT2D eigenvalue weighted by molar-refractivity contribution is -0.0916. The molecular formula is C33H44O9. The molecule has 230 valence electrons. The third kappa shape index (κ3) is 10.1. The van der Waals surface area contributed by atoms with Gasteiger partial charge in [0.2, 0.25) is 0 Å². The van der Waals surface area contributed by atoms with Crippen molar-refractivity contribution in [3.05, 3.63) is 95.6 Å². The Hall–Kier alpha value is -3.02. The predicted octanol–water partition coefficient (Wildman–Crippen LogP) is 4.09. The van der Waals surface area contributed by atoms with Crippen molar-refractivity contribution in [1.82, 2.24) is 0 Å². The van der Waals surface area contributed by atoms with Crippen LogP contribution >= 0.6 is 0 Å². The Morgan fingerprint density at radius 1 is 0.571 bits per heavy atom. The predicted molar refractivity (Wildman–Crippen MR) is 159 cm³/mol. The maximum atomic E-state index is 10.1. The molecule has 0 aliphatic carbocycles. The second kappa shape index (κ2) is 19.2. The third-order valence-corrected chi connectivity index (χ3v) is 6.62. The average Bonchev–Trinajstić information content (AvgIpc) is 3.05. The van der Waals surface area contributed by atoms with Crippen molar-refractivity contribution in [2.45, 2.75) is 11.7 Å². The molecular weight excluding hydrogens is 540 g/mol. The average molecular weight is 585 g/mol. The first-order chi connectivity index (χ1) is 20.7. The van der Waals surface area contributed by atoms with Crippen molar-refractivity contribution in [3.8, 4) is 11.5 Å². The van der Waals surface area contributed by atoms with Gasteiger partial charge in [0, 0.05) is 7.11 Å². The summed E-state index contributed by atoms with van der Waals surface area (Å²) in [7, 11) is 4.92. The Morgan fingerprint density at radius 2 is 1.02 bits per heavy atom. The molecule has 0 aliphatic heterocycles. The van der Waals surface area contributed by atoms with E-state index in [4.69, 9.17) is 37.9 Å².